The zero-order valence-electron chi connectivity index (χ0n) is 11.5. The third kappa shape index (κ3) is 4.08. The van der Waals surface area contributed by atoms with E-state index < -0.39 is 0 Å². The highest BCUT2D eigenvalue weighted by molar-refractivity contribution is 6.36. The lowest BCUT2D eigenvalue weighted by Gasteiger charge is -2.02. The van der Waals surface area contributed by atoms with E-state index in [9.17, 15) is 0 Å². The second-order valence-corrected chi connectivity index (χ2v) is 5.42. The summed E-state index contributed by atoms with van der Waals surface area (Å²) >= 11 is 12.1. The van der Waals surface area contributed by atoms with Crippen molar-refractivity contribution in [2.45, 2.75) is 13.1 Å². The first-order chi connectivity index (χ1) is 10.2. The molecule has 3 nitrogen and oxygen atoms in total. The van der Waals surface area contributed by atoms with Crippen molar-refractivity contribution < 1.29 is 8.83 Å². The lowest BCUT2D eigenvalue weighted by molar-refractivity contribution is 0.455. The van der Waals surface area contributed by atoms with Gasteiger partial charge in [0.15, 0.2) is 0 Å². The third-order valence-corrected chi connectivity index (χ3v) is 3.58. The predicted octanol–water partition coefficient (Wildman–Crippen LogP) is 5.56. The summed E-state index contributed by atoms with van der Waals surface area (Å²) in [5, 5.41) is 4.43. The summed E-state index contributed by atoms with van der Waals surface area (Å²) in [6.07, 6.45) is 1.66. The smallest absolute Gasteiger partial charge is 0.135 e. The molecule has 0 spiro atoms. The third-order valence-electron chi connectivity index (χ3n) is 3.04. The van der Waals surface area contributed by atoms with Crippen LogP contribution in [-0.2, 0) is 13.1 Å². The molecule has 1 aromatic carbocycles. The molecule has 0 aliphatic rings. The molecule has 0 bridgehead atoms. The van der Waals surface area contributed by atoms with E-state index in [2.05, 4.69) is 5.32 Å². The van der Waals surface area contributed by atoms with Crippen LogP contribution >= 0.6 is 35.6 Å². The van der Waals surface area contributed by atoms with Crippen molar-refractivity contribution in [3.05, 3.63) is 70.3 Å². The maximum absolute atomic E-state index is 6.17. The van der Waals surface area contributed by atoms with Gasteiger partial charge in [-0.1, -0.05) is 23.2 Å². The number of hydrogen-bond donors (Lipinski definition) is 1. The molecule has 2 aromatic heterocycles. The monoisotopic (exact) mass is 357 g/mol. The fourth-order valence-electron chi connectivity index (χ4n) is 2.03. The van der Waals surface area contributed by atoms with E-state index in [0.29, 0.717) is 23.1 Å². The number of furan rings is 2. The van der Waals surface area contributed by atoms with Gasteiger partial charge in [-0.05, 0) is 42.5 Å². The van der Waals surface area contributed by atoms with Crippen LogP contribution in [0, 0.1) is 0 Å². The van der Waals surface area contributed by atoms with E-state index >= 15 is 0 Å². The van der Waals surface area contributed by atoms with Crippen molar-refractivity contribution in [3.63, 3.8) is 0 Å². The van der Waals surface area contributed by atoms with Gasteiger partial charge in [-0.15, -0.1) is 12.4 Å². The second-order valence-electron chi connectivity index (χ2n) is 4.57. The largest absolute Gasteiger partial charge is 0.468 e. The Kier molecular flexibility index (Phi) is 5.98. The van der Waals surface area contributed by atoms with Gasteiger partial charge < -0.3 is 14.2 Å². The van der Waals surface area contributed by atoms with E-state index in [1.54, 1.807) is 18.4 Å². The maximum atomic E-state index is 6.17. The second kappa shape index (κ2) is 7.75. The summed E-state index contributed by atoms with van der Waals surface area (Å²) in [4.78, 5) is 0. The van der Waals surface area contributed by atoms with Crippen LogP contribution < -0.4 is 5.32 Å². The van der Waals surface area contributed by atoms with Gasteiger partial charge in [0.05, 0.1) is 24.4 Å². The first kappa shape index (κ1) is 17.0. The molecule has 0 unspecified atom stereocenters. The number of hydrogen-bond acceptors (Lipinski definition) is 3. The van der Waals surface area contributed by atoms with Crippen LogP contribution in [0.5, 0.6) is 0 Å². The van der Waals surface area contributed by atoms with Crippen LogP contribution in [0.25, 0.3) is 11.3 Å². The van der Waals surface area contributed by atoms with Crippen molar-refractivity contribution in [1.29, 1.82) is 0 Å². The molecule has 1 N–H and O–H groups in total. The Morgan fingerprint density at radius 3 is 2.50 bits per heavy atom. The van der Waals surface area contributed by atoms with Gasteiger partial charge in [0.1, 0.15) is 17.3 Å². The molecule has 0 saturated heterocycles. The van der Waals surface area contributed by atoms with Crippen LogP contribution in [0.1, 0.15) is 11.5 Å². The van der Waals surface area contributed by atoms with Crippen LogP contribution in [0.2, 0.25) is 10.0 Å². The number of rotatable bonds is 5. The first-order valence-electron chi connectivity index (χ1n) is 6.49. The molecule has 3 rings (SSSR count). The van der Waals surface area contributed by atoms with Crippen molar-refractivity contribution >= 4 is 35.6 Å². The lowest BCUT2D eigenvalue weighted by Crippen LogP contribution is -2.11. The van der Waals surface area contributed by atoms with E-state index in [-0.39, 0.29) is 12.4 Å². The van der Waals surface area contributed by atoms with E-state index in [1.165, 1.54) is 0 Å². The predicted molar refractivity (Wildman–Crippen MR) is 90.7 cm³/mol. The highest BCUT2D eigenvalue weighted by Gasteiger charge is 2.09. The fourth-order valence-corrected chi connectivity index (χ4v) is 2.53. The van der Waals surface area contributed by atoms with Crippen LogP contribution in [0.15, 0.2) is 57.6 Å². The highest BCUT2D eigenvalue weighted by atomic mass is 35.5. The van der Waals surface area contributed by atoms with E-state index in [1.807, 2.05) is 30.3 Å². The fraction of sp³-hybridized carbons (Fsp3) is 0.125. The zero-order chi connectivity index (χ0) is 14.7. The van der Waals surface area contributed by atoms with Crippen molar-refractivity contribution in [1.82, 2.24) is 5.32 Å². The van der Waals surface area contributed by atoms with Gasteiger partial charge in [0.2, 0.25) is 0 Å². The van der Waals surface area contributed by atoms with Gasteiger partial charge in [-0.25, -0.2) is 0 Å². The zero-order valence-corrected chi connectivity index (χ0v) is 13.8. The standard InChI is InChI=1S/C16H13Cl2NO2.ClH/c17-11-3-5-14(15(18)8-11)16-6-4-13(21-16)10-19-9-12-2-1-7-20-12;/h1-8,19H,9-10H2;1H. The summed E-state index contributed by atoms with van der Waals surface area (Å²) in [5.74, 6) is 2.46. The molecule has 3 aromatic rings. The molecule has 0 saturated carbocycles. The molecule has 2 heterocycles. The average molecular weight is 359 g/mol. The van der Waals surface area contributed by atoms with Gasteiger partial charge in [0.25, 0.3) is 0 Å². The quantitative estimate of drug-likeness (QED) is 0.649. The minimum absolute atomic E-state index is 0. The molecule has 0 radical (unpaired) electrons. The average Bonchev–Trinajstić information content (AvgIpc) is 3.10. The Morgan fingerprint density at radius 2 is 1.77 bits per heavy atom. The van der Waals surface area contributed by atoms with Crippen molar-refractivity contribution in [2.75, 3.05) is 0 Å². The Morgan fingerprint density at radius 1 is 0.955 bits per heavy atom. The molecular formula is C16H14Cl3NO2. The molecule has 0 fully saturated rings. The molecule has 22 heavy (non-hydrogen) atoms. The number of halogens is 3. The summed E-state index contributed by atoms with van der Waals surface area (Å²) < 4.78 is 11.0. The summed E-state index contributed by atoms with van der Waals surface area (Å²) in [5.41, 5.74) is 0.832. The van der Waals surface area contributed by atoms with Gasteiger partial charge >= 0.3 is 0 Å². The molecule has 0 atom stereocenters. The van der Waals surface area contributed by atoms with E-state index in [4.69, 9.17) is 32.0 Å². The summed E-state index contributed by atoms with van der Waals surface area (Å²) in [6, 6.07) is 13.0. The molecular weight excluding hydrogens is 345 g/mol. The first-order valence-corrected chi connectivity index (χ1v) is 7.25. The van der Waals surface area contributed by atoms with Crippen LogP contribution in [0.3, 0.4) is 0 Å². The number of benzene rings is 1. The highest BCUT2D eigenvalue weighted by Crippen LogP contribution is 2.31. The maximum Gasteiger partial charge on any atom is 0.135 e. The SMILES string of the molecule is Cl.Clc1ccc(-c2ccc(CNCc3ccco3)o2)c(Cl)c1. The molecule has 116 valence electrons. The topological polar surface area (TPSA) is 38.3 Å². The molecule has 0 aliphatic heterocycles. The molecule has 0 amide bonds. The minimum Gasteiger partial charge on any atom is -0.468 e. The van der Waals surface area contributed by atoms with Gasteiger partial charge in [-0.2, -0.15) is 0 Å². The van der Waals surface area contributed by atoms with Crippen LogP contribution in [0.4, 0.5) is 0 Å². The van der Waals surface area contributed by atoms with Gasteiger partial charge in [-0.3, -0.25) is 0 Å². The van der Waals surface area contributed by atoms with Crippen molar-refractivity contribution in [3.8, 4) is 11.3 Å². The van der Waals surface area contributed by atoms with E-state index in [0.717, 1.165) is 22.8 Å². The number of nitrogens with one attached hydrogen (secondary N) is 1. The Hall–Kier alpha value is -1.39. The van der Waals surface area contributed by atoms with Crippen LogP contribution in [-0.4, -0.2) is 0 Å². The summed E-state index contributed by atoms with van der Waals surface area (Å²) in [7, 11) is 0. The lowest BCUT2D eigenvalue weighted by atomic mass is 10.2. The van der Waals surface area contributed by atoms with Crippen molar-refractivity contribution in [2.24, 2.45) is 0 Å². The Labute approximate surface area is 144 Å². The minimum atomic E-state index is 0. The normalized spacial score (nSPS) is 10.5. The van der Waals surface area contributed by atoms with Gasteiger partial charge in [0, 0.05) is 10.6 Å². The Bertz CT molecular complexity index is 723. The Balaban J connectivity index is 0.00000176. The summed E-state index contributed by atoms with van der Waals surface area (Å²) in [6.45, 7) is 1.27. The molecule has 0 aliphatic carbocycles. The molecule has 6 heteroatoms.